The third-order valence-corrected chi connectivity index (χ3v) is 3.75. The van der Waals surface area contributed by atoms with E-state index in [0.29, 0.717) is 23.1 Å². The van der Waals surface area contributed by atoms with Crippen LogP contribution in [-0.4, -0.2) is 17.4 Å². The predicted molar refractivity (Wildman–Crippen MR) is 90.2 cm³/mol. The minimum atomic E-state index is -0.563. The molecule has 2 aromatic carbocycles. The number of hydrogen-bond acceptors (Lipinski definition) is 2. The lowest BCUT2D eigenvalue weighted by atomic mass is 10.1. The van der Waals surface area contributed by atoms with Crippen LogP contribution >= 0.6 is 15.9 Å². The molecule has 0 aliphatic carbocycles. The average molecular weight is 373 g/mol. The second-order valence-corrected chi connectivity index (χ2v) is 5.82. The fourth-order valence-corrected chi connectivity index (χ4v) is 2.47. The van der Waals surface area contributed by atoms with Gasteiger partial charge in [0.05, 0.1) is 17.2 Å². The largest absolute Gasteiger partial charge is 0.331 e. The van der Waals surface area contributed by atoms with E-state index in [1.54, 1.807) is 36.4 Å². The lowest BCUT2D eigenvalue weighted by molar-refractivity contribution is 0.0758. The quantitative estimate of drug-likeness (QED) is 0.734. The smallest absolute Gasteiger partial charge is 0.257 e. The van der Waals surface area contributed by atoms with Gasteiger partial charge in [0.1, 0.15) is 5.82 Å². The maximum atomic E-state index is 13.9. The lowest BCUT2D eigenvalue weighted by Gasteiger charge is -2.22. The fourth-order valence-electron chi connectivity index (χ4n) is 2.11. The fraction of sp³-hybridized carbons (Fsp3) is 0.111. The van der Waals surface area contributed by atoms with Crippen molar-refractivity contribution in [3.8, 4) is 6.07 Å². The third kappa shape index (κ3) is 4.27. The average Bonchev–Trinajstić information content (AvgIpc) is 2.56. The molecule has 0 unspecified atom stereocenters. The molecule has 23 heavy (non-hydrogen) atoms. The summed E-state index contributed by atoms with van der Waals surface area (Å²) in [6, 6.07) is 13.2. The van der Waals surface area contributed by atoms with Crippen molar-refractivity contribution in [3.63, 3.8) is 0 Å². The summed E-state index contributed by atoms with van der Waals surface area (Å²) in [6.45, 7) is 4.25. The molecule has 0 aliphatic rings. The van der Waals surface area contributed by atoms with Crippen LogP contribution in [0.3, 0.4) is 0 Å². The number of amides is 1. The molecule has 0 N–H and O–H groups in total. The van der Waals surface area contributed by atoms with Crippen molar-refractivity contribution in [1.82, 2.24) is 4.90 Å². The van der Waals surface area contributed by atoms with Crippen molar-refractivity contribution in [2.24, 2.45) is 0 Å². The number of nitrogens with zero attached hydrogens (tertiary/aromatic N) is 2. The van der Waals surface area contributed by atoms with Gasteiger partial charge in [0, 0.05) is 17.6 Å². The summed E-state index contributed by atoms with van der Waals surface area (Å²) in [5.74, 6) is -0.972. The summed E-state index contributed by atoms with van der Waals surface area (Å²) in [4.78, 5) is 14.1. The molecule has 0 saturated carbocycles. The van der Waals surface area contributed by atoms with Crippen LogP contribution in [0.15, 0.2) is 59.6 Å². The number of carbonyl (C=O) groups excluding carboxylic acids is 1. The number of hydrogen-bond donors (Lipinski definition) is 0. The Hall–Kier alpha value is -2.45. The predicted octanol–water partition coefficient (Wildman–Crippen LogP) is 4.29. The van der Waals surface area contributed by atoms with E-state index in [2.05, 4.69) is 22.5 Å². The zero-order valence-corrected chi connectivity index (χ0v) is 13.9. The second kappa shape index (κ2) is 7.70. The van der Waals surface area contributed by atoms with E-state index in [-0.39, 0.29) is 5.56 Å². The highest BCUT2D eigenvalue weighted by atomic mass is 79.9. The third-order valence-electron chi connectivity index (χ3n) is 3.25. The molecule has 116 valence electrons. The molecule has 0 fully saturated rings. The Morgan fingerprint density at radius 1 is 1.30 bits per heavy atom. The monoisotopic (exact) mass is 372 g/mol. The summed E-state index contributed by atoms with van der Waals surface area (Å²) >= 11 is 3.25. The van der Waals surface area contributed by atoms with Crippen LogP contribution in [0.25, 0.3) is 0 Å². The van der Waals surface area contributed by atoms with Crippen molar-refractivity contribution in [3.05, 3.63) is 82.1 Å². The van der Waals surface area contributed by atoms with Gasteiger partial charge in [0.15, 0.2) is 0 Å². The van der Waals surface area contributed by atoms with Crippen LogP contribution in [0.4, 0.5) is 4.39 Å². The molecule has 0 radical (unpaired) electrons. The zero-order valence-electron chi connectivity index (χ0n) is 12.3. The molecule has 0 aliphatic heterocycles. The number of rotatable bonds is 5. The van der Waals surface area contributed by atoms with Gasteiger partial charge in [0.2, 0.25) is 0 Å². The number of benzene rings is 2. The number of nitriles is 1. The van der Waals surface area contributed by atoms with Crippen molar-refractivity contribution < 1.29 is 9.18 Å². The summed E-state index contributed by atoms with van der Waals surface area (Å²) in [7, 11) is 0. The highest BCUT2D eigenvalue weighted by molar-refractivity contribution is 9.10. The molecule has 0 aromatic heterocycles. The van der Waals surface area contributed by atoms with Gasteiger partial charge in [-0.2, -0.15) is 5.26 Å². The zero-order chi connectivity index (χ0) is 16.8. The van der Waals surface area contributed by atoms with E-state index in [1.807, 2.05) is 6.07 Å². The number of carbonyl (C=O) groups is 1. The molecule has 2 rings (SSSR count). The Morgan fingerprint density at radius 3 is 2.61 bits per heavy atom. The molecular formula is C18H14BrFN2O. The first-order valence-corrected chi connectivity index (χ1v) is 7.68. The first-order chi connectivity index (χ1) is 11.0. The topological polar surface area (TPSA) is 44.1 Å². The Balaban J connectivity index is 2.26. The van der Waals surface area contributed by atoms with Crippen LogP contribution in [0.2, 0.25) is 0 Å². The molecule has 0 atom stereocenters. The molecular weight excluding hydrogens is 359 g/mol. The van der Waals surface area contributed by atoms with Gasteiger partial charge in [-0.05, 0) is 35.9 Å². The van der Waals surface area contributed by atoms with Crippen LogP contribution in [0, 0.1) is 17.1 Å². The first kappa shape index (κ1) is 16.9. The Morgan fingerprint density at radius 2 is 2.00 bits per heavy atom. The summed E-state index contributed by atoms with van der Waals surface area (Å²) in [6.07, 6.45) is 1.59. The molecule has 3 nitrogen and oxygen atoms in total. The van der Waals surface area contributed by atoms with E-state index in [0.717, 1.165) is 5.56 Å². The lowest BCUT2D eigenvalue weighted by Crippen LogP contribution is -2.31. The van der Waals surface area contributed by atoms with Gasteiger partial charge < -0.3 is 4.90 Å². The normalized spacial score (nSPS) is 9.96. The maximum Gasteiger partial charge on any atom is 0.257 e. The van der Waals surface area contributed by atoms with E-state index < -0.39 is 11.7 Å². The SMILES string of the molecule is C=CCN(Cc1ccc(C#N)cc1)C(=O)c1cc(Br)ccc1F. The molecule has 0 heterocycles. The van der Waals surface area contributed by atoms with E-state index >= 15 is 0 Å². The van der Waals surface area contributed by atoms with Gasteiger partial charge in [-0.15, -0.1) is 6.58 Å². The molecule has 0 saturated heterocycles. The van der Waals surface area contributed by atoms with Gasteiger partial charge in [-0.25, -0.2) is 4.39 Å². The first-order valence-electron chi connectivity index (χ1n) is 6.89. The van der Waals surface area contributed by atoms with Gasteiger partial charge in [-0.1, -0.05) is 34.1 Å². The number of halogens is 2. The second-order valence-electron chi connectivity index (χ2n) is 4.91. The molecule has 2 aromatic rings. The van der Waals surface area contributed by atoms with Crippen LogP contribution in [0.5, 0.6) is 0 Å². The summed E-state index contributed by atoms with van der Waals surface area (Å²) < 4.78 is 14.6. The minimum absolute atomic E-state index is 0.00914. The van der Waals surface area contributed by atoms with Crippen molar-refractivity contribution in [2.45, 2.75) is 6.54 Å². The van der Waals surface area contributed by atoms with E-state index in [9.17, 15) is 9.18 Å². The molecule has 0 bridgehead atoms. The molecule has 0 spiro atoms. The summed E-state index contributed by atoms with van der Waals surface area (Å²) in [5, 5.41) is 8.81. The Labute approximate surface area is 142 Å². The molecule has 5 heteroatoms. The van der Waals surface area contributed by atoms with E-state index in [1.165, 1.54) is 17.0 Å². The Kier molecular flexibility index (Phi) is 5.67. The summed E-state index contributed by atoms with van der Waals surface area (Å²) in [5.41, 5.74) is 1.41. The van der Waals surface area contributed by atoms with Gasteiger partial charge >= 0.3 is 0 Å². The van der Waals surface area contributed by atoms with Crippen LogP contribution in [-0.2, 0) is 6.54 Å². The maximum absolute atomic E-state index is 13.9. The van der Waals surface area contributed by atoms with Gasteiger partial charge in [-0.3, -0.25) is 4.79 Å². The van der Waals surface area contributed by atoms with Crippen LogP contribution < -0.4 is 0 Å². The Bertz CT molecular complexity index is 766. The van der Waals surface area contributed by atoms with E-state index in [4.69, 9.17) is 5.26 Å². The van der Waals surface area contributed by atoms with Crippen molar-refractivity contribution in [2.75, 3.05) is 6.54 Å². The highest BCUT2D eigenvalue weighted by Crippen LogP contribution is 2.18. The van der Waals surface area contributed by atoms with Gasteiger partial charge in [0.25, 0.3) is 5.91 Å². The highest BCUT2D eigenvalue weighted by Gasteiger charge is 2.19. The van der Waals surface area contributed by atoms with Crippen molar-refractivity contribution in [1.29, 1.82) is 5.26 Å². The van der Waals surface area contributed by atoms with Crippen LogP contribution in [0.1, 0.15) is 21.5 Å². The molecule has 1 amide bonds. The van der Waals surface area contributed by atoms with Crippen molar-refractivity contribution >= 4 is 21.8 Å². The minimum Gasteiger partial charge on any atom is -0.331 e. The standard InChI is InChI=1S/C18H14BrFN2O/c1-2-9-22(12-14-5-3-13(11-21)4-6-14)18(23)16-10-15(19)7-8-17(16)20/h2-8,10H,1,9,12H2.